The standard InChI is InChI=1S/C20H16BrNO2/c1-14-12-16(21)10-11-19(14)22-20(23)15-6-5-9-18(13-15)24-17-7-3-2-4-8-17/h2-13H,1H3,(H,22,23). The zero-order chi connectivity index (χ0) is 16.9. The highest BCUT2D eigenvalue weighted by Crippen LogP contribution is 2.24. The van der Waals surface area contributed by atoms with Gasteiger partial charge in [-0.25, -0.2) is 0 Å². The van der Waals surface area contributed by atoms with E-state index in [0.717, 1.165) is 21.5 Å². The quantitative estimate of drug-likeness (QED) is 0.619. The van der Waals surface area contributed by atoms with Crippen LogP contribution in [0.2, 0.25) is 0 Å². The highest BCUT2D eigenvalue weighted by atomic mass is 79.9. The lowest BCUT2D eigenvalue weighted by molar-refractivity contribution is 0.102. The normalized spacial score (nSPS) is 10.2. The fraction of sp³-hybridized carbons (Fsp3) is 0.0500. The summed E-state index contributed by atoms with van der Waals surface area (Å²) in [7, 11) is 0. The number of amides is 1. The van der Waals surface area contributed by atoms with Gasteiger partial charge in [-0.1, -0.05) is 40.2 Å². The number of ether oxygens (including phenoxy) is 1. The molecule has 0 unspecified atom stereocenters. The van der Waals surface area contributed by atoms with Crippen LogP contribution in [0.1, 0.15) is 15.9 Å². The average molecular weight is 382 g/mol. The van der Waals surface area contributed by atoms with Crippen LogP contribution in [0.3, 0.4) is 0 Å². The predicted octanol–water partition coefficient (Wildman–Crippen LogP) is 5.80. The van der Waals surface area contributed by atoms with Crippen molar-refractivity contribution in [2.24, 2.45) is 0 Å². The Bertz CT molecular complexity index is 863. The van der Waals surface area contributed by atoms with Crippen LogP contribution in [-0.2, 0) is 0 Å². The minimum atomic E-state index is -0.168. The number of carbonyl (C=O) groups excluding carboxylic acids is 1. The Balaban J connectivity index is 1.77. The van der Waals surface area contributed by atoms with Crippen LogP contribution in [0.25, 0.3) is 0 Å². The molecule has 0 aliphatic carbocycles. The first kappa shape index (κ1) is 16.3. The highest BCUT2D eigenvalue weighted by molar-refractivity contribution is 9.10. The van der Waals surface area contributed by atoms with Crippen molar-refractivity contribution in [3.63, 3.8) is 0 Å². The van der Waals surface area contributed by atoms with Gasteiger partial charge in [0.25, 0.3) is 5.91 Å². The molecule has 4 heteroatoms. The van der Waals surface area contributed by atoms with Crippen LogP contribution in [-0.4, -0.2) is 5.91 Å². The van der Waals surface area contributed by atoms with Crippen molar-refractivity contribution in [3.8, 4) is 11.5 Å². The third kappa shape index (κ3) is 4.03. The Morgan fingerprint density at radius 1 is 0.917 bits per heavy atom. The molecule has 0 aliphatic heterocycles. The number of nitrogens with one attached hydrogen (secondary N) is 1. The van der Waals surface area contributed by atoms with E-state index in [1.54, 1.807) is 12.1 Å². The lowest BCUT2D eigenvalue weighted by atomic mass is 10.1. The molecule has 3 aromatic rings. The summed E-state index contributed by atoms with van der Waals surface area (Å²) in [5.41, 5.74) is 2.33. The van der Waals surface area contributed by atoms with Crippen LogP contribution < -0.4 is 10.1 Å². The third-order valence-electron chi connectivity index (χ3n) is 3.51. The highest BCUT2D eigenvalue weighted by Gasteiger charge is 2.09. The average Bonchev–Trinajstić information content (AvgIpc) is 2.58. The number of aryl methyl sites for hydroxylation is 1. The molecular formula is C20H16BrNO2. The number of benzene rings is 3. The molecule has 0 saturated carbocycles. The SMILES string of the molecule is Cc1cc(Br)ccc1NC(=O)c1cccc(Oc2ccccc2)c1. The minimum Gasteiger partial charge on any atom is -0.457 e. The molecule has 0 aromatic heterocycles. The van der Waals surface area contributed by atoms with Crippen molar-refractivity contribution >= 4 is 27.5 Å². The second-order valence-corrected chi connectivity index (χ2v) is 6.27. The van der Waals surface area contributed by atoms with E-state index in [2.05, 4.69) is 21.2 Å². The Hall–Kier alpha value is -2.59. The number of hydrogen-bond donors (Lipinski definition) is 1. The first-order valence-electron chi connectivity index (χ1n) is 7.52. The first-order chi connectivity index (χ1) is 11.6. The van der Waals surface area contributed by atoms with Crippen LogP contribution >= 0.6 is 15.9 Å². The van der Waals surface area contributed by atoms with E-state index in [1.807, 2.05) is 67.6 Å². The molecule has 1 amide bonds. The molecule has 0 saturated heterocycles. The number of para-hydroxylation sites is 1. The molecule has 24 heavy (non-hydrogen) atoms. The topological polar surface area (TPSA) is 38.3 Å². The van der Waals surface area contributed by atoms with Gasteiger partial charge in [-0.05, 0) is 61.0 Å². The summed E-state index contributed by atoms with van der Waals surface area (Å²) in [6, 6.07) is 22.4. The van der Waals surface area contributed by atoms with Crippen molar-refractivity contribution in [2.75, 3.05) is 5.32 Å². The maximum atomic E-state index is 12.5. The van der Waals surface area contributed by atoms with Gasteiger partial charge in [0.05, 0.1) is 0 Å². The van der Waals surface area contributed by atoms with Gasteiger partial charge in [0.15, 0.2) is 0 Å². The maximum absolute atomic E-state index is 12.5. The summed E-state index contributed by atoms with van der Waals surface area (Å²) in [6.07, 6.45) is 0. The monoisotopic (exact) mass is 381 g/mol. The molecular weight excluding hydrogens is 366 g/mol. The molecule has 0 radical (unpaired) electrons. The zero-order valence-electron chi connectivity index (χ0n) is 13.1. The summed E-state index contributed by atoms with van der Waals surface area (Å²) in [5, 5.41) is 2.93. The predicted molar refractivity (Wildman–Crippen MR) is 99.8 cm³/mol. The number of halogens is 1. The lowest BCUT2D eigenvalue weighted by Gasteiger charge is -2.10. The van der Waals surface area contributed by atoms with E-state index >= 15 is 0 Å². The number of hydrogen-bond acceptors (Lipinski definition) is 2. The Labute approximate surface area is 149 Å². The number of anilines is 1. The van der Waals surface area contributed by atoms with Crippen LogP contribution in [0.4, 0.5) is 5.69 Å². The fourth-order valence-electron chi connectivity index (χ4n) is 2.29. The molecule has 0 spiro atoms. The fourth-order valence-corrected chi connectivity index (χ4v) is 2.76. The summed E-state index contributed by atoms with van der Waals surface area (Å²) in [6.45, 7) is 1.95. The van der Waals surface area contributed by atoms with Crippen molar-refractivity contribution in [1.29, 1.82) is 0 Å². The molecule has 0 atom stereocenters. The van der Waals surface area contributed by atoms with Gasteiger partial charge in [0.1, 0.15) is 11.5 Å². The smallest absolute Gasteiger partial charge is 0.255 e. The number of carbonyl (C=O) groups is 1. The van der Waals surface area contributed by atoms with E-state index in [1.165, 1.54) is 0 Å². The first-order valence-corrected chi connectivity index (χ1v) is 8.31. The Morgan fingerprint density at radius 2 is 1.67 bits per heavy atom. The van der Waals surface area contributed by atoms with Crippen LogP contribution in [0, 0.1) is 6.92 Å². The molecule has 3 nitrogen and oxygen atoms in total. The molecule has 0 aliphatic rings. The second-order valence-electron chi connectivity index (χ2n) is 5.36. The van der Waals surface area contributed by atoms with Gasteiger partial charge in [0, 0.05) is 15.7 Å². The van der Waals surface area contributed by atoms with E-state index in [9.17, 15) is 4.79 Å². The molecule has 0 bridgehead atoms. The molecule has 0 fully saturated rings. The van der Waals surface area contributed by atoms with Crippen molar-refractivity contribution < 1.29 is 9.53 Å². The lowest BCUT2D eigenvalue weighted by Crippen LogP contribution is -2.12. The van der Waals surface area contributed by atoms with E-state index in [0.29, 0.717) is 11.3 Å². The summed E-state index contributed by atoms with van der Waals surface area (Å²) >= 11 is 3.42. The summed E-state index contributed by atoms with van der Waals surface area (Å²) in [4.78, 5) is 12.5. The Kier molecular flexibility index (Phi) is 4.96. The van der Waals surface area contributed by atoms with Gasteiger partial charge in [-0.15, -0.1) is 0 Å². The maximum Gasteiger partial charge on any atom is 0.255 e. The van der Waals surface area contributed by atoms with E-state index < -0.39 is 0 Å². The largest absolute Gasteiger partial charge is 0.457 e. The van der Waals surface area contributed by atoms with Gasteiger partial charge in [-0.2, -0.15) is 0 Å². The molecule has 3 aromatic carbocycles. The van der Waals surface area contributed by atoms with Gasteiger partial charge in [0.2, 0.25) is 0 Å². The number of rotatable bonds is 4. The summed E-state index contributed by atoms with van der Waals surface area (Å²) in [5.74, 6) is 1.19. The molecule has 3 rings (SSSR count). The van der Waals surface area contributed by atoms with Gasteiger partial charge >= 0.3 is 0 Å². The van der Waals surface area contributed by atoms with Gasteiger partial charge < -0.3 is 10.1 Å². The Morgan fingerprint density at radius 3 is 2.42 bits per heavy atom. The van der Waals surface area contributed by atoms with E-state index in [-0.39, 0.29) is 5.91 Å². The van der Waals surface area contributed by atoms with Crippen molar-refractivity contribution in [1.82, 2.24) is 0 Å². The minimum absolute atomic E-state index is 0.168. The van der Waals surface area contributed by atoms with E-state index in [4.69, 9.17) is 4.74 Å². The molecule has 120 valence electrons. The van der Waals surface area contributed by atoms with Crippen molar-refractivity contribution in [2.45, 2.75) is 6.92 Å². The third-order valence-corrected chi connectivity index (χ3v) is 4.01. The molecule has 1 N–H and O–H groups in total. The van der Waals surface area contributed by atoms with Crippen LogP contribution in [0.15, 0.2) is 77.3 Å². The molecule has 0 heterocycles. The second kappa shape index (κ2) is 7.32. The van der Waals surface area contributed by atoms with Gasteiger partial charge in [-0.3, -0.25) is 4.79 Å². The zero-order valence-corrected chi connectivity index (χ0v) is 14.7. The summed E-state index contributed by atoms with van der Waals surface area (Å²) < 4.78 is 6.76. The van der Waals surface area contributed by atoms with Crippen LogP contribution in [0.5, 0.6) is 11.5 Å². The van der Waals surface area contributed by atoms with Crippen molar-refractivity contribution in [3.05, 3.63) is 88.4 Å².